The predicted octanol–water partition coefficient (Wildman–Crippen LogP) is 2.17. The number of carbonyl (C=O) groups excluding carboxylic acids is 1. The molecule has 1 N–H and O–H groups in total. The molecule has 1 aromatic carbocycles. The Morgan fingerprint density at radius 1 is 1.45 bits per heavy atom. The fraction of sp³-hybridized carbons (Fsp3) is 0.562. The van der Waals surface area contributed by atoms with Crippen molar-refractivity contribution < 1.29 is 14.6 Å². The van der Waals surface area contributed by atoms with Gasteiger partial charge >= 0.3 is 0 Å². The highest BCUT2D eigenvalue weighted by Gasteiger charge is 2.28. The molecular formula is C16H23NO3. The molecule has 1 amide bonds. The molecule has 1 heterocycles. The summed E-state index contributed by atoms with van der Waals surface area (Å²) < 4.78 is 5.69. The van der Waals surface area contributed by atoms with E-state index in [4.69, 9.17) is 4.74 Å². The zero-order valence-electron chi connectivity index (χ0n) is 12.2. The van der Waals surface area contributed by atoms with Crippen molar-refractivity contribution in [2.75, 3.05) is 19.8 Å². The molecule has 4 nitrogen and oxygen atoms in total. The van der Waals surface area contributed by atoms with E-state index in [0.29, 0.717) is 5.92 Å². The molecule has 0 bridgehead atoms. The topological polar surface area (TPSA) is 49.8 Å². The highest BCUT2D eigenvalue weighted by atomic mass is 16.5. The molecule has 0 radical (unpaired) electrons. The second-order valence-electron chi connectivity index (χ2n) is 5.55. The van der Waals surface area contributed by atoms with Gasteiger partial charge in [-0.15, -0.1) is 0 Å². The van der Waals surface area contributed by atoms with Crippen molar-refractivity contribution >= 4 is 5.91 Å². The smallest absolute Gasteiger partial charge is 0.260 e. The Kier molecular flexibility index (Phi) is 5.01. The van der Waals surface area contributed by atoms with Crippen molar-refractivity contribution in [1.29, 1.82) is 0 Å². The number of likely N-dealkylation sites (tertiary alicyclic amines) is 1. The Bertz CT molecular complexity index is 459. The Balaban J connectivity index is 1.97. The lowest BCUT2D eigenvalue weighted by Gasteiger charge is -2.23. The molecule has 0 spiro atoms. The first-order valence-electron chi connectivity index (χ1n) is 7.25. The Morgan fingerprint density at radius 3 is 2.90 bits per heavy atom. The van der Waals surface area contributed by atoms with Gasteiger partial charge in [0.25, 0.3) is 5.91 Å². The molecule has 0 aromatic heterocycles. The number of carbonyl (C=O) groups is 1. The largest absolute Gasteiger partial charge is 0.483 e. The van der Waals surface area contributed by atoms with E-state index in [1.165, 1.54) is 0 Å². The van der Waals surface area contributed by atoms with Crippen LogP contribution in [0, 0.1) is 0 Å². The van der Waals surface area contributed by atoms with Crippen LogP contribution >= 0.6 is 0 Å². The molecular weight excluding hydrogens is 254 g/mol. The maximum absolute atomic E-state index is 12.2. The fourth-order valence-electron chi connectivity index (χ4n) is 2.67. The number of hydrogen-bond donors (Lipinski definition) is 1. The van der Waals surface area contributed by atoms with Gasteiger partial charge in [-0.05, 0) is 30.4 Å². The number of aliphatic hydroxyl groups is 1. The second-order valence-corrected chi connectivity index (χ2v) is 5.55. The summed E-state index contributed by atoms with van der Waals surface area (Å²) in [5.74, 6) is 1.09. The lowest BCUT2D eigenvalue weighted by Crippen LogP contribution is -2.40. The van der Waals surface area contributed by atoms with E-state index in [1.54, 1.807) is 4.90 Å². The first-order valence-corrected chi connectivity index (χ1v) is 7.25. The van der Waals surface area contributed by atoms with E-state index in [-0.39, 0.29) is 25.2 Å². The minimum Gasteiger partial charge on any atom is -0.483 e. The molecule has 2 rings (SSSR count). The normalized spacial score (nSPS) is 18.6. The Hall–Kier alpha value is -1.55. The summed E-state index contributed by atoms with van der Waals surface area (Å²) in [5.41, 5.74) is 1.11. The van der Waals surface area contributed by atoms with E-state index >= 15 is 0 Å². The maximum atomic E-state index is 12.2. The number of nitrogens with zero attached hydrogens (tertiary/aromatic N) is 1. The van der Waals surface area contributed by atoms with Gasteiger partial charge in [0, 0.05) is 6.54 Å². The van der Waals surface area contributed by atoms with Crippen molar-refractivity contribution in [2.45, 2.75) is 38.6 Å². The first kappa shape index (κ1) is 14.9. The summed E-state index contributed by atoms with van der Waals surface area (Å²) >= 11 is 0. The van der Waals surface area contributed by atoms with E-state index < -0.39 is 0 Å². The average molecular weight is 277 g/mol. The molecule has 0 saturated carbocycles. The van der Waals surface area contributed by atoms with Crippen LogP contribution in [0.1, 0.15) is 38.2 Å². The number of ether oxygens (including phenoxy) is 1. The summed E-state index contributed by atoms with van der Waals surface area (Å²) in [6.07, 6.45) is 1.84. The van der Waals surface area contributed by atoms with Crippen molar-refractivity contribution in [3.05, 3.63) is 29.8 Å². The van der Waals surface area contributed by atoms with Gasteiger partial charge in [-0.2, -0.15) is 0 Å². The van der Waals surface area contributed by atoms with Crippen LogP contribution < -0.4 is 4.74 Å². The molecule has 1 fully saturated rings. The number of para-hydroxylation sites is 1. The van der Waals surface area contributed by atoms with Crippen molar-refractivity contribution in [3.63, 3.8) is 0 Å². The van der Waals surface area contributed by atoms with Crippen LogP contribution in [0.3, 0.4) is 0 Å². The third-order valence-corrected chi connectivity index (χ3v) is 3.80. The van der Waals surface area contributed by atoms with E-state index in [0.717, 1.165) is 30.7 Å². The van der Waals surface area contributed by atoms with E-state index in [2.05, 4.69) is 13.8 Å². The lowest BCUT2D eigenvalue weighted by molar-refractivity contribution is -0.134. The molecule has 0 unspecified atom stereocenters. The standard InChI is InChI=1S/C16H23NO3/c1-12(2)14-7-3-4-8-15(14)20-11-16(19)17-9-5-6-13(17)10-18/h3-4,7-8,12-13,18H,5-6,9-11H2,1-2H3/t13-/m0/s1. The number of aliphatic hydroxyl groups excluding tert-OH is 1. The highest BCUT2D eigenvalue weighted by molar-refractivity contribution is 5.78. The minimum absolute atomic E-state index is 0.0357. The van der Waals surface area contributed by atoms with E-state index in [1.807, 2.05) is 24.3 Å². The van der Waals surface area contributed by atoms with Gasteiger partial charge in [0.15, 0.2) is 6.61 Å². The predicted molar refractivity (Wildman–Crippen MR) is 77.8 cm³/mol. The van der Waals surface area contributed by atoms with Crippen LogP contribution in [-0.2, 0) is 4.79 Å². The van der Waals surface area contributed by atoms with Crippen LogP contribution in [-0.4, -0.2) is 41.7 Å². The van der Waals surface area contributed by atoms with Gasteiger partial charge in [-0.25, -0.2) is 0 Å². The van der Waals surface area contributed by atoms with Crippen molar-refractivity contribution in [3.8, 4) is 5.75 Å². The summed E-state index contributed by atoms with van der Waals surface area (Å²) in [7, 11) is 0. The van der Waals surface area contributed by atoms with Gasteiger partial charge in [-0.3, -0.25) is 4.79 Å². The van der Waals surface area contributed by atoms with Gasteiger partial charge in [0.1, 0.15) is 5.75 Å². The third-order valence-electron chi connectivity index (χ3n) is 3.80. The molecule has 1 aromatic rings. The van der Waals surface area contributed by atoms with Gasteiger partial charge in [0.2, 0.25) is 0 Å². The quantitative estimate of drug-likeness (QED) is 0.897. The van der Waals surface area contributed by atoms with Crippen molar-refractivity contribution in [1.82, 2.24) is 4.90 Å². The van der Waals surface area contributed by atoms with Crippen LogP contribution in [0.5, 0.6) is 5.75 Å². The average Bonchev–Trinajstić information content (AvgIpc) is 2.93. The van der Waals surface area contributed by atoms with Gasteiger partial charge < -0.3 is 14.7 Å². The number of benzene rings is 1. The molecule has 1 saturated heterocycles. The lowest BCUT2D eigenvalue weighted by atomic mass is 10.0. The summed E-state index contributed by atoms with van der Waals surface area (Å²) in [4.78, 5) is 13.9. The maximum Gasteiger partial charge on any atom is 0.260 e. The zero-order chi connectivity index (χ0) is 14.5. The van der Waals surface area contributed by atoms with Crippen LogP contribution in [0.15, 0.2) is 24.3 Å². The fourth-order valence-corrected chi connectivity index (χ4v) is 2.67. The molecule has 110 valence electrons. The van der Waals surface area contributed by atoms with Gasteiger partial charge in [-0.1, -0.05) is 32.0 Å². The summed E-state index contributed by atoms with van der Waals surface area (Å²) in [6.45, 7) is 5.01. The van der Waals surface area contributed by atoms with Gasteiger partial charge in [0.05, 0.1) is 12.6 Å². The SMILES string of the molecule is CC(C)c1ccccc1OCC(=O)N1CCC[C@H]1CO. The summed E-state index contributed by atoms with van der Waals surface area (Å²) in [6, 6.07) is 7.78. The van der Waals surface area contributed by atoms with E-state index in [9.17, 15) is 9.90 Å². The number of rotatable bonds is 5. The number of amides is 1. The highest BCUT2D eigenvalue weighted by Crippen LogP contribution is 2.26. The molecule has 0 aliphatic carbocycles. The molecule has 1 aliphatic rings. The monoisotopic (exact) mass is 277 g/mol. The molecule has 1 aliphatic heterocycles. The third kappa shape index (κ3) is 3.31. The molecule has 20 heavy (non-hydrogen) atoms. The molecule has 1 atom stereocenters. The molecule has 4 heteroatoms. The van der Waals surface area contributed by atoms with Crippen LogP contribution in [0.25, 0.3) is 0 Å². The first-order chi connectivity index (χ1) is 9.63. The zero-order valence-corrected chi connectivity index (χ0v) is 12.2. The van der Waals surface area contributed by atoms with Crippen LogP contribution in [0.2, 0.25) is 0 Å². The Morgan fingerprint density at radius 2 is 2.20 bits per heavy atom. The van der Waals surface area contributed by atoms with Crippen molar-refractivity contribution in [2.24, 2.45) is 0 Å². The Labute approximate surface area is 120 Å². The van der Waals surface area contributed by atoms with Crippen LogP contribution in [0.4, 0.5) is 0 Å². The number of hydrogen-bond acceptors (Lipinski definition) is 3. The second kappa shape index (κ2) is 6.75. The minimum atomic E-state index is -0.0416. The summed E-state index contributed by atoms with van der Waals surface area (Å²) in [5, 5.41) is 9.25.